The van der Waals surface area contributed by atoms with Crippen LogP contribution < -0.4 is 0 Å². The number of aromatic nitrogens is 3. The van der Waals surface area contributed by atoms with Gasteiger partial charge in [0.15, 0.2) is 0 Å². The van der Waals surface area contributed by atoms with Crippen molar-refractivity contribution in [2.75, 3.05) is 0 Å². The zero-order valence-corrected chi connectivity index (χ0v) is 32.2. The maximum absolute atomic E-state index is 5.59. The Balaban J connectivity index is 1.15. The van der Waals surface area contributed by atoms with Crippen molar-refractivity contribution in [3.05, 3.63) is 199 Å². The van der Waals surface area contributed by atoms with Crippen LogP contribution in [0.4, 0.5) is 0 Å². The van der Waals surface area contributed by atoms with E-state index in [4.69, 9.17) is 9.97 Å². The fraction of sp³-hybridized carbons (Fsp3) is 0.0545. The predicted molar refractivity (Wildman–Crippen MR) is 243 cm³/mol. The smallest absolute Gasteiger partial charge is 0.235 e. The minimum Gasteiger partial charge on any atom is -0.277 e. The van der Waals surface area contributed by atoms with Gasteiger partial charge in [-0.25, -0.2) is 9.97 Å². The fourth-order valence-corrected chi connectivity index (χ4v) is 9.89. The van der Waals surface area contributed by atoms with Gasteiger partial charge in [0.2, 0.25) is 5.95 Å². The second-order valence-corrected chi connectivity index (χ2v) is 16.1. The zero-order chi connectivity index (χ0) is 38.5. The molecule has 0 radical (unpaired) electrons. The van der Waals surface area contributed by atoms with E-state index < -0.39 is 0 Å². The van der Waals surface area contributed by atoms with Gasteiger partial charge in [0, 0.05) is 38.1 Å². The van der Waals surface area contributed by atoms with Crippen molar-refractivity contribution < 1.29 is 0 Å². The molecule has 3 nitrogen and oxygen atoms in total. The van der Waals surface area contributed by atoms with Gasteiger partial charge in [-0.2, -0.15) is 0 Å². The maximum Gasteiger partial charge on any atom is 0.235 e. The Bertz CT molecular complexity index is 3470. The minimum atomic E-state index is -0.113. The van der Waals surface area contributed by atoms with Crippen LogP contribution in [-0.2, 0) is 5.41 Å². The Kier molecular flexibility index (Phi) is 6.98. The summed E-state index contributed by atoms with van der Waals surface area (Å²) in [5.41, 5.74) is 15.1. The number of rotatable bonds is 4. The lowest BCUT2D eigenvalue weighted by molar-refractivity contribution is 0.660. The second kappa shape index (κ2) is 12.3. The van der Waals surface area contributed by atoms with Crippen LogP contribution in [0.2, 0.25) is 0 Å². The van der Waals surface area contributed by atoms with Crippen molar-refractivity contribution in [2.24, 2.45) is 0 Å². The van der Waals surface area contributed by atoms with E-state index in [9.17, 15) is 0 Å². The largest absolute Gasteiger partial charge is 0.277 e. The molecule has 0 unspecified atom stereocenters. The lowest BCUT2D eigenvalue weighted by Crippen LogP contribution is -2.14. The Hall–Kier alpha value is -7.36. The molecule has 0 amide bonds. The fourth-order valence-electron chi connectivity index (χ4n) is 9.89. The van der Waals surface area contributed by atoms with E-state index >= 15 is 0 Å². The highest BCUT2D eigenvalue weighted by Crippen LogP contribution is 2.53. The summed E-state index contributed by atoms with van der Waals surface area (Å²) in [5, 5.41) is 8.22. The average molecular weight is 740 g/mol. The summed E-state index contributed by atoms with van der Waals surface area (Å²) in [6, 6.07) is 68.2. The van der Waals surface area contributed by atoms with Crippen molar-refractivity contribution in [1.29, 1.82) is 0 Å². The highest BCUT2D eigenvalue weighted by Gasteiger charge is 2.37. The molecule has 0 N–H and O–H groups in total. The van der Waals surface area contributed by atoms with Crippen LogP contribution >= 0.6 is 0 Å². The molecule has 11 aromatic rings. The van der Waals surface area contributed by atoms with E-state index in [-0.39, 0.29) is 5.41 Å². The molecule has 0 atom stereocenters. The van der Waals surface area contributed by atoms with Gasteiger partial charge in [-0.1, -0.05) is 196 Å². The minimum absolute atomic E-state index is 0.113. The van der Waals surface area contributed by atoms with Gasteiger partial charge in [0.25, 0.3) is 0 Å². The summed E-state index contributed by atoms with van der Waals surface area (Å²) >= 11 is 0. The van der Waals surface area contributed by atoms with Crippen molar-refractivity contribution >= 4 is 54.3 Å². The SMILES string of the molecule is CC1(C)c2ccccc2-c2c(-c3cccc4c5ccc6ccccc6c5n(-c5nc(-c6ccc(-c7cccc8ccccc78)cc6)c6ccccc6n5)c34)cccc21. The topological polar surface area (TPSA) is 30.7 Å². The van der Waals surface area contributed by atoms with Crippen LogP contribution in [0.5, 0.6) is 0 Å². The Labute approximate surface area is 336 Å². The third-order valence-electron chi connectivity index (χ3n) is 12.6. The van der Waals surface area contributed by atoms with E-state index in [0.29, 0.717) is 5.95 Å². The molecule has 1 aliphatic rings. The first-order valence-electron chi connectivity index (χ1n) is 20.1. The summed E-state index contributed by atoms with van der Waals surface area (Å²) < 4.78 is 2.36. The second-order valence-electron chi connectivity index (χ2n) is 16.1. The molecule has 0 fully saturated rings. The molecule has 12 rings (SSSR count). The highest BCUT2D eigenvalue weighted by atomic mass is 15.2. The van der Waals surface area contributed by atoms with Crippen molar-refractivity contribution in [2.45, 2.75) is 19.3 Å². The van der Waals surface area contributed by atoms with E-state index in [2.05, 4.69) is 206 Å². The highest BCUT2D eigenvalue weighted by molar-refractivity contribution is 6.21. The lowest BCUT2D eigenvalue weighted by Gasteiger charge is -2.21. The first-order chi connectivity index (χ1) is 28.5. The van der Waals surface area contributed by atoms with Crippen LogP contribution in [0.25, 0.3) is 105 Å². The monoisotopic (exact) mass is 739 g/mol. The Morgan fingerprint density at radius 2 is 0.948 bits per heavy atom. The van der Waals surface area contributed by atoms with Crippen LogP contribution in [-0.4, -0.2) is 14.5 Å². The van der Waals surface area contributed by atoms with E-state index in [1.54, 1.807) is 0 Å². The Morgan fingerprint density at radius 3 is 1.81 bits per heavy atom. The number of fused-ring (bicyclic) bond motifs is 10. The van der Waals surface area contributed by atoms with Crippen LogP contribution in [0, 0.1) is 0 Å². The molecule has 0 bridgehead atoms. The van der Waals surface area contributed by atoms with E-state index in [0.717, 1.165) is 33.2 Å². The van der Waals surface area contributed by atoms with Gasteiger partial charge in [-0.05, 0) is 61.2 Å². The zero-order valence-electron chi connectivity index (χ0n) is 32.2. The molecule has 0 spiro atoms. The number of benzene rings is 9. The molecule has 0 saturated carbocycles. The Morgan fingerprint density at radius 1 is 0.379 bits per heavy atom. The molecule has 2 heterocycles. The van der Waals surface area contributed by atoms with Gasteiger partial charge in [-0.3, -0.25) is 4.57 Å². The lowest BCUT2D eigenvalue weighted by atomic mass is 9.82. The normalized spacial score (nSPS) is 13.1. The van der Waals surface area contributed by atoms with Crippen molar-refractivity contribution in [1.82, 2.24) is 14.5 Å². The van der Waals surface area contributed by atoms with Crippen LogP contribution in [0.15, 0.2) is 188 Å². The molecule has 58 heavy (non-hydrogen) atoms. The molecular weight excluding hydrogens is 703 g/mol. The summed E-state index contributed by atoms with van der Waals surface area (Å²) in [6.45, 7) is 4.70. The number of nitrogens with zero attached hydrogens (tertiary/aromatic N) is 3. The van der Waals surface area contributed by atoms with E-state index in [1.165, 1.54) is 76.8 Å². The van der Waals surface area contributed by atoms with Crippen molar-refractivity contribution in [3.8, 4) is 50.6 Å². The molecule has 9 aromatic carbocycles. The van der Waals surface area contributed by atoms with E-state index in [1.807, 2.05) is 0 Å². The molecule has 272 valence electrons. The van der Waals surface area contributed by atoms with Gasteiger partial charge in [0.1, 0.15) is 0 Å². The molecule has 1 aliphatic carbocycles. The molecule has 0 saturated heterocycles. The summed E-state index contributed by atoms with van der Waals surface area (Å²) in [5.74, 6) is 0.656. The predicted octanol–water partition coefficient (Wildman–Crippen LogP) is 14.3. The van der Waals surface area contributed by atoms with Crippen LogP contribution in [0.3, 0.4) is 0 Å². The summed E-state index contributed by atoms with van der Waals surface area (Å²) in [4.78, 5) is 11.0. The third kappa shape index (κ3) is 4.68. The molecule has 3 heteroatoms. The number of hydrogen-bond donors (Lipinski definition) is 0. The first-order valence-corrected chi connectivity index (χ1v) is 20.1. The summed E-state index contributed by atoms with van der Waals surface area (Å²) in [6.07, 6.45) is 0. The summed E-state index contributed by atoms with van der Waals surface area (Å²) in [7, 11) is 0. The maximum atomic E-state index is 5.59. The molecular formula is C55H37N3. The van der Waals surface area contributed by atoms with Gasteiger partial charge >= 0.3 is 0 Å². The van der Waals surface area contributed by atoms with Crippen molar-refractivity contribution in [3.63, 3.8) is 0 Å². The van der Waals surface area contributed by atoms with Crippen LogP contribution in [0.1, 0.15) is 25.0 Å². The number of hydrogen-bond acceptors (Lipinski definition) is 2. The number of para-hydroxylation sites is 2. The van der Waals surface area contributed by atoms with Gasteiger partial charge in [0.05, 0.1) is 22.2 Å². The third-order valence-corrected chi connectivity index (χ3v) is 12.6. The quantitative estimate of drug-likeness (QED) is 0.180. The standard InChI is InChI=1S/C55H37N3/c1-55(2)47-25-9-7-19-45(47)50-41(22-13-26-48(50)55)42-23-12-24-43-44-33-32-35-15-4-6-18-40(35)52(44)58(53(42)43)54-56-49-27-10-8-20-46(49)51(57-54)37-30-28-36(29-31-37)39-21-11-16-34-14-3-5-17-38(34)39/h3-33H,1-2H3. The molecule has 0 aliphatic heterocycles. The van der Waals surface area contributed by atoms with Gasteiger partial charge < -0.3 is 0 Å². The first kappa shape index (κ1) is 32.8. The molecule has 2 aromatic heterocycles. The average Bonchev–Trinajstić information content (AvgIpc) is 3.75. The van der Waals surface area contributed by atoms with Gasteiger partial charge in [-0.15, -0.1) is 0 Å².